The fraction of sp³-hybridized carbons (Fsp3) is 0.571. The molecule has 0 spiro atoms. The third-order valence-corrected chi connectivity index (χ3v) is 3.18. The third kappa shape index (κ3) is 3.70. The lowest BCUT2D eigenvalue weighted by molar-refractivity contribution is 0.386. The molecule has 1 fully saturated rings. The molecule has 1 aliphatic rings. The maximum Gasteiger partial charge on any atom is 0.165 e. The van der Waals surface area contributed by atoms with Crippen LogP contribution in [0, 0.1) is 5.82 Å². The van der Waals surface area contributed by atoms with E-state index in [9.17, 15) is 4.39 Å². The Morgan fingerprint density at radius 1 is 1.47 bits per heavy atom. The van der Waals surface area contributed by atoms with Crippen LogP contribution in [0.1, 0.15) is 31.7 Å². The lowest BCUT2D eigenvalue weighted by Crippen LogP contribution is -2.28. The van der Waals surface area contributed by atoms with Crippen LogP contribution in [0.4, 0.5) is 4.39 Å². The van der Waals surface area contributed by atoms with Crippen molar-refractivity contribution in [3.05, 3.63) is 29.6 Å². The number of rotatable bonds is 6. The fourth-order valence-electron chi connectivity index (χ4n) is 1.98. The predicted molar refractivity (Wildman–Crippen MR) is 66.9 cm³/mol. The molecule has 2 rings (SSSR count). The first-order chi connectivity index (χ1) is 8.19. The lowest BCUT2D eigenvalue weighted by Gasteiger charge is -2.13. The normalized spacial score (nSPS) is 16.9. The lowest BCUT2D eigenvalue weighted by atomic mass is 10.1. The minimum absolute atomic E-state index is 0.271. The summed E-state index contributed by atoms with van der Waals surface area (Å²) >= 11 is 0. The Balaban J connectivity index is 1.83. The molecule has 3 heteroatoms. The Hall–Kier alpha value is -1.09. The molecular formula is C14H20FNO. The third-order valence-electron chi connectivity index (χ3n) is 3.18. The number of hydrogen-bond donors (Lipinski definition) is 1. The zero-order chi connectivity index (χ0) is 12.3. The summed E-state index contributed by atoms with van der Waals surface area (Å²) in [4.78, 5) is 0. The van der Waals surface area contributed by atoms with E-state index in [4.69, 9.17) is 4.74 Å². The molecule has 1 saturated carbocycles. The molecule has 1 aromatic rings. The van der Waals surface area contributed by atoms with Crippen LogP contribution in [-0.2, 0) is 6.42 Å². The first-order valence-electron chi connectivity index (χ1n) is 6.27. The van der Waals surface area contributed by atoms with E-state index in [-0.39, 0.29) is 5.82 Å². The summed E-state index contributed by atoms with van der Waals surface area (Å²) in [6.07, 6.45) is 4.56. The first-order valence-corrected chi connectivity index (χ1v) is 6.27. The topological polar surface area (TPSA) is 21.3 Å². The van der Waals surface area contributed by atoms with Gasteiger partial charge in [-0.3, -0.25) is 0 Å². The van der Waals surface area contributed by atoms with Crippen molar-refractivity contribution in [2.75, 3.05) is 7.11 Å². The van der Waals surface area contributed by atoms with Crippen molar-refractivity contribution in [1.82, 2.24) is 5.32 Å². The molecule has 1 aromatic carbocycles. The second-order valence-electron chi connectivity index (χ2n) is 4.85. The van der Waals surface area contributed by atoms with Gasteiger partial charge < -0.3 is 10.1 Å². The van der Waals surface area contributed by atoms with Gasteiger partial charge in [0.25, 0.3) is 0 Å². The quantitative estimate of drug-likeness (QED) is 0.821. The number of benzene rings is 1. The van der Waals surface area contributed by atoms with Crippen molar-refractivity contribution >= 4 is 0 Å². The molecule has 0 heterocycles. The summed E-state index contributed by atoms with van der Waals surface area (Å²) in [5, 5.41) is 3.54. The average Bonchev–Trinajstić information content (AvgIpc) is 3.10. The molecule has 17 heavy (non-hydrogen) atoms. The minimum atomic E-state index is -0.271. The molecule has 2 nitrogen and oxygen atoms in total. The van der Waals surface area contributed by atoms with Crippen LogP contribution in [0.2, 0.25) is 0 Å². The van der Waals surface area contributed by atoms with Crippen LogP contribution in [-0.4, -0.2) is 19.2 Å². The van der Waals surface area contributed by atoms with Crippen molar-refractivity contribution < 1.29 is 9.13 Å². The van der Waals surface area contributed by atoms with Gasteiger partial charge in [-0.15, -0.1) is 0 Å². The Kier molecular flexibility index (Phi) is 4.00. The molecule has 0 radical (unpaired) electrons. The SMILES string of the molecule is COc1ccc(CCC(C)NC2CC2)cc1F. The maximum atomic E-state index is 13.5. The molecule has 0 amide bonds. The van der Waals surface area contributed by atoms with Crippen molar-refractivity contribution in [1.29, 1.82) is 0 Å². The molecule has 1 unspecified atom stereocenters. The molecule has 1 N–H and O–H groups in total. The van der Waals surface area contributed by atoms with Gasteiger partial charge in [0.2, 0.25) is 0 Å². The summed E-state index contributed by atoms with van der Waals surface area (Å²) in [6.45, 7) is 2.19. The van der Waals surface area contributed by atoms with Crippen LogP contribution in [0.5, 0.6) is 5.75 Å². The number of aryl methyl sites for hydroxylation is 1. The van der Waals surface area contributed by atoms with E-state index < -0.39 is 0 Å². The minimum Gasteiger partial charge on any atom is -0.494 e. The molecule has 1 aliphatic carbocycles. The molecule has 0 bridgehead atoms. The molecule has 0 aromatic heterocycles. The van der Waals surface area contributed by atoms with E-state index in [1.54, 1.807) is 12.1 Å². The number of nitrogens with one attached hydrogen (secondary N) is 1. The standard InChI is InChI=1S/C14H20FNO/c1-10(16-12-6-7-12)3-4-11-5-8-14(17-2)13(15)9-11/h5,8-10,12,16H,3-4,6-7H2,1-2H3. The second-order valence-corrected chi connectivity index (χ2v) is 4.85. The Labute approximate surface area is 102 Å². The van der Waals surface area contributed by atoms with Gasteiger partial charge in [-0.1, -0.05) is 6.07 Å². The van der Waals surface area contributed by atoms with Gasteiger partial charge in [-0.25, -0.2) is 4.39 Å². The van der Waals surface area contributed by atoms with Crippen molar-refractivity contribution in [3.63, 3.8) is 0 Å². The molecular weight excluding hydrogens is 217 g/mol. The monoisotopic (exact) mass is 237 g/mol. The Morgan fingerprint density at radius 2 is 2.24 bits per heavy atom. The largest absolute Gasteiger partial charge is 0.494 e. The van der Waals surface area contributed by atoms with Crippen molar-refractivity contribution in [2.24, 2.45) is 0 Å². The summed E-state index contributed by atoms with van der Waals surface area (Å²) in [5.74, 6) is 0.0470. The number of methoxy groups -OCH3 is 1. The molecule has 94 valence electrons. The van der Waals surface area contributed by atoms with E-state index in [2.05, 4.69) is 12.2 Å². The summed E-state index contributed by atoms with van der Waals surface area (Å²) in [7, 11) is 1.49. The van der Waals surface area contributed by atoms with Crippen molar-refractivity contribution in [3.8, 4) is 5.75 Å². The fourth-order valence-corrected chi connectivity index (χ4v) is 1.98. The summed E-state index contributed by atoms with van der Waals surface area (Å²) in [5.41, 5.74) is 1.03. The maximum absolute atomic E-state index is 13.5. The highest BCUT2D eigenvalue weighted by atomic mass is 19.1. The van der Waals surface area contributed by atoms with Gasteiger partial charge in [-0.2, -0.15) is 0 Å². The summed E-state index contributed by atoms with van der Waals surface area (Å²) in [6, 6.07) is 6.45. The van der Waals surface area contributed by atoms with E-state index in [1.807, 2.05) is 6.07 Å². The predicted octanol–water partition coefficient (Wildman–Crippen LogP) is 2.91. The van der Waals surface area contributed by atoms with Crippen LogP contribution < -0.4 is 10.1 Å². The Morgan fingerprint density at radius 3 is 2.82 bits per heavy atom. The van der Waals surface area contributed by atoms with Gasteiger partial charge in [0, 0.05) is 12.1 Å². The highest BCUT2D eigenvalue weighted by Crippen LogP contribution is 2.21. The van der Waals surface area contributed by atoms with E-state index >= 15 is 0 Å². The van der Waals surface area contributed by atoms with Gasteiger partial charge in [0.15, 0.2) is 11.6 Å². The van der Waals surface area contributed by atoms with Crippen LogP contribution in [0.15, 0.2) is 18.2 Å². The van der Waals surface area contributed by atoms with Gasteiger partial charge in [-0.05, 0) is 50.3 Å². The zero-order valence-electron chi connectivity index (χ0n) is 10.5. The highest BCUT2D eigenvalue weighted by Gasteiger charge is 2.22. The highest BCUT2D eigenvalue weighted by molar-refractivity contribution is 5.29. The van der Waals surface area contributed by atoms with E-state index in [0.717, 1.165) is 24.4 Å². The number of ether oxygens (including phenoxy) is 1. The zero-order valence-corrected chi connectivity index (χ0v) is 10.5. The smallest absolute Gasteiger partial charge is 0.165 e. The number of hydrogen-bond acceptors (Lipinski definition) is 2. The number of halogens is 1. The first kappa shape index (κ1) is 12.4. The van der Waals surface area contributed by atoms with Gasteiger partial charge in [0.1, 0.15) is 0 Å². The molecule has 0 aliphatic heterocycles. The van der Waals surface area contributed by atoms with Crippen molar-refractivity contribution in [2.45, 2.75) is 44.7 Å². The van der Waals surface area contributed by atoms with E-state index in [0.29, 0.717) is 11.8 Å². The molecule has 1 atom stereocenters. The van der Waals surface area contributed by atoms with Crippen LogP contribution in [0.25, 0.3) is 0 Å². The van der Waals surface area contributed by atoms with Crippen LogP contribution >= 0.6 is 0 Å². The average molecular weight is 237 g/mol. The second kappa shape index (κ2) is 5.50. The van der Waals surface area contributed by atoms with E-state index in [1.165, 1.54) is 20.0 Å². The van der Waals surface area contributed by atoms with Crippen LogP contribution in [0.3, 0.4) is 0 Å². The molecule has 0 saturated heterocycles. The summed E-state index contributed by atoms with van der Waals surface area (Å²) < 4.78 is 18.4. The van der Waals surface area contributed by atoms with Gasteiger partial charge in [0.05, 0.1) is 7.11 Å². The van der Waals surface area contributed by atoms with Gasteiger partial charge >= 0.3 is 0 Å². The Bertz CT molecular complexity index is 376.